The molecule has 2 aromatic rings. The van der Waals surface area contributed by atoms with Crippen molar-refractivity contribution in [3.05, 3.63) is 64.7 Å². The molecule has 1 unspecified atom stereocenters. The van der Waals surface area contributed by atoms with Crippen LogP contribution in [0.5, 0.6) is 5.75 Å². The van der Waals surface area contributed by atoms with Gasteiger partial charge in [0.25, 0.3) is 0 Å². The summed E-state index contributed by atoms with van der Waals surface area (Å²) in [5.41, 5.74) is 2.27. The minimum atomic E-state index is -0.583. The van der Waals surface area contributed by atoms with Crippen molar-refractivity contribution in [2.24, 2.45) is 0 Å². The highest BCUT2D eigenvalue weighted by Gasteiger charge is 2.19. The van der Waals surface area contributed by atoms with Crippen molar-refractivity contribution in [3.8, 4) is 5.75 Å². The molecule has 0 radical (unpaired) electrons. The van der Waals surface area contributed by atoms with Gasteiger partial charge in [-0.05, 0) is 26.0 Å². The van der Waals surface area contributed by atoms with Gasteiger partial charge < -0.3 is 4.74 Å². The van der Waals surface area contributed by atoms with Crippen LogP contribution in [0, 0.1) is 18.6 Å². The van der Waals surface area contributed by atoms with Gasteiger partial charge in [0.15, 0.2) is 0 Å². The molecule has 2 aromatic carbocycles. The Morgan fingerprint density at radius 2 is 1.85 bits per heavy atom. The molecule has 0 amide bonds. The molecule has 0 aliphatic carbocycles. The summed E-state index contributed by atoms with van der Waals surface area (Å²) in [5.74, 6) is -0.459. The molecule has 0 aliphatic rings. The standard InChI is InChI=1S/C16H15BrF2O/c1-3-20-15-7-4-10(2)8-13(15)16(17)12-6-5-11(18)9-14(12)19/h4-9,16H,3H2,1-2H3. The minimum absolute atomic E-state index is 0.385. The lowest BCUT2D eigenvalue weighted by Crippen LogP contribution is -2.02. The van der Waals surface area contributed by atoms with E-state index in [-0.39, 0.29) is 4.83 Å². The SMILES string of the molecule is CCOc1ccc(C)cc1C(Br)c1ccc(F)cc1F. The fourth-order valence-corrected chi connectivity index (χ4v) is 2.76. The summed E-state index contributed by atoms with van der Waals surface area (Å²) in [5, 5.41) is 0. The molecule has 0 fully saturated rings. The van der Waals surface area contributed by atoms with E-state index >= 15 is 0 Å². The first-order chi connectivity index (χ1) is 9.52. The molecule has 0 N–H and O–H groups in total. The Balaban J connectivity index is 2.46. The second-order valence-electron chi connectivity index (χ2n) is 4.50. The van der Waals surface area contributed by atoms with E-state index in [9.17, 15) is 8.78 Å². The van der Waals surface area contributed by atoms with Crippen LogP contribution in [-0.4, -0.2) is 6.61 Å². The highest BCUT2D eigenvalue weighted by atomic mass is 79.9. The number of halogens is 3. The van der Waals surface area contributed by atoms with E-state index in [1.165, 1.54) is 12.1 Å². The maximum Gasteiger partial charge on any atom is 0.130 e. The highest BCUT2D eigenvalue weighted by Crippen LogP contribution is 2.38. The zero-order chi connectivity index (χ0) is 14.7. The second-order valence-corrected chi connectivity index (χ2v) is 5.42. The van der Waals surface area contributed by atoms with Crippen molar-refractivity contribution in [1.82, 2.24) is 0 Å². The first-order valence-corrected chi connectivity index (χ1v) is 7.27. The van der Waals surface area contributed by atoms with Gasteiger partial charge in [0.2, 0.25) is 0 Å². The lowest BCUT2D eigenvalue weighted by Gasteiger charge is -2.17. The Morgan fingerprint density at radius 3 is 2.50 bits per heavy atom. The Labute approximate surface area is 125 Å². The largest absolute Gasteiger partial charge is 0.494 e. The van der Waals surface area contributed by atoms with Crippen LogP contribution in [0.2, 0.25) is 0 Å². The molecule has 0 saturated heterocycles. The van der Waals surface area contributed by atoms with E-state index in [0.717, 1.165) is 17.2 Å². The number of ether oxygens (including phenoxy) is 1. The highest BCUT2D eigenvalue weighted by molar-refractivity contribution is 9.09. The topological polar surface area (TPSA) is 9.23 Å². The van der Waals surface area contributed by atoms with Crippen LogP contribution in [0.3, 0.4) is 0 Å². The Kier molecular flexibility index (Phi) is 4.76. The Bertz CT molecular complexity index is 613. The van der Waals surface area contributed by atoms with Gasteiger partial charge in [-0.1, -0.05) is 39.7 Å². The predicted octanol–water partition coefficient (Wildman–Crippen LogP) is 5.16. The monoisotopic (exact) mass is 340 g/mol. The zero-order valence-corrected chi connectivity index (χ0v) is 12.9. The van der Waals surface area contributed by atoms with Gasteiger partial charge in [-0.2, -0.15) is 0 Å². The van der Waals surface area contributed by atoms with E-state index in [1.807, 2.05) is 32.0 Å². The van der Waals surface area contributed by atoms with Gasteiger partial charge in [-0.3, -0.25) is 0 Å². The number of alkyl halides is 1. The molecule has 2 rings (SSSR count). The smallest absolute Gasteiger partial charge is 0.130 e. The van der Waals surface area contributed by atoms with E-state index in [4.69, 9.17) is 4.74 Å². The van der Waals surface area contributed by atoms with Crippen LogP contribution in [0.1, 0.15) is 28.4 Å². The van der Waals surface area contributed by atoms with E-state index in [2.05, 4.69) is 15.9 Å². The summed E-state index contributed by atoms with van der Waals surface area (Å²) in [4.78, 5) is -0.385. The molecule has 1 nitrogen and oxygen atoms in total. The third-order valence-electron chi connectivity index (χ3n) is 2.97. The maximum atomic E-state index is 13.9. The van der Waals surface area contributed by atoms with Crippen molar-refractivity contribution < 1.29 is 13.5 Å². The van der Waals surface area contributed by atoms with Gasteiger partial charge >= 0.3 is 0 Å². The molecule has 0 saturated carbocycles. The molecular weight excluding hydrogens is 326 g/mol. The number of rotatable bonds is 4. The fourth-order valence-electron chi connectivity index (χ4n) is 2.03. The molecule has 20 heavy (non-hydrogen) atoms. The lowest BCUT2D eigenvalue weighted by molar-refractivity contribution is 0.337. The molecule has 106 valence electrons. The summed E-state index contributed by atoms with van der Waals surface area (Å²) in [6.45, 7) is 4.38. The van der Waals surface area contributed by atoms with Crippen molar-refractivity contribution in [3.63, 3.8) is 0 Å². The zero-order valence-electron chi connectivity index (χ0n) is 11.3. The normalized spacial score (nSPS) is 12.2. The van der Waals surface area contributed by atoms with E-state index < -0.39 is 11.6 Å². The molecule has 0 heterocycles. The van der Waals surface area contributed by atoms with E-state index in [1.54, 1.807) is 0 Å². The van der Waals surface area contributed by atoms with Crippen LogP contribution in [0.4, 0.5) is 8.78 Å². The Hall–Kier alpha value is -1.42. The van der Waals surface area contributed by atoms with Crippen LogP contribution < -0.4 is 4.74 Å². The summed E-state index contributed by atoms with van der Waals surface area (Å²) in [7, 11) is 0. The quantitative estimate of drug-likeness (QED) is 0.699. The van der Waals surface area contributed by atoms with Crippen LogP contribution in [-0.2, 0) is 0 Å². The van der Waals surface area contributed by atoms with Gasteiger partial charge in [-0.25, -0.2) is 8.78 Å². The van der Waals surface area contributed by atoms with Crippen LogP contribution in [0.15, 0.2) is 36.4 Å². The molecule has 0 aliphatic heterocycles. The Morgan fingerprint density at radius 1 is 1.10 bits per heavy atom. The van der Waals surface area contributed by atoms with E-state index in [0.29, 0.717) is 17.9 Å². The fraction of sp³-hybridized carbons (Fsp3) is 0.250. The third kappa shape index (κ3) is 3.18. The van der Waals surface area contributed by atoms with Crippen LogP contribution >= 0.6 is 15.9 Å². The average molecular weight is 341 g/mol. The summed E-state index contributed by atoms with van der Waals surface area (Å²) in [6, 6.07) is 9.33. The maximum absolute atomic E-state index is 13.9. The summed E-state index contributed by atoms with van der Waals surface area (Å²) < 4.78 is 32.5. The first kappa shape index (κ1) is 15.0. The van der Waals surface area contributed by atoms with Gasteiger partial charge in [0.05, 0.1) is 11.4 Å². The van der Waals surface area contributed by atoms with Crippen molar-refractivity contribution in [1.29, 1.82) is 0 Å². The van der Waals surface area contributed by atoms with Crippen molar-refractivity contribution >= 4 is 15.9 Å². The number of benzene rings is 2. The minimum Gasteiger partial charge on any atom is -0.494 e. The molecule has 0 spiro atoms. The lowest BCUT2D eigenvalue weighted by atomic mass is 10.0. The molecule has 1 atom stereocenters. The third-order valence-corrected chi connectivity index (χ3v) is 3.96. The summed E-state index contributed by atoms with van der Waals surface area (Å²) in [6.07, 6.45) is 0. The first-order valence-electron chi connectivity index (χ1n) is 6.35. The van der Waals surface area contributed by atoms with Crippen molar-refractivity contribution in [2.75, 3.05) is 6.61 Å². The van der Waals surface area contributed by atoms with Crippen LogP contribution in [0.25, 0.3) is 0 Å². The second kappa shape index (κ2) is 6.35. The average Bonchev–Trinajstić information content (AvgIpc) is 2.40. The molecule has 4 heteroatoms. The predicted molar refractivity (Wildman–Crippen MR) is 79.5 cm³/mol. The van der Waals surface area contributed by atoms with Gasteiger partial charge in [0, 0.05) is 17.2 Å². The van der Waals surface area contributed by atoms with Crippen molar-refractivity contribution in [2.45, 2.75) is 18.7 Å². The van der Waals surface area contributed by atoms with Gasteiger partial charge in [-0.15, -0.1) is 0 Å². The molecule has 0 aromatic heterocycles. The summed E-state index contributed by atoms with van der Waals surface area (Å²) >= 11 is 3.48. The molecule has 0 bridgehead atoms. The van der Waals surface area contributed by atoms with Gasteiger partial charge in [0.1, 0.15) is 17.4 Å². The number of aryl methyl sites for hydroxylation is 1. The number of hydrogen-bond donors (Lipinski definition) is 0. The molecular formula is C16H15BrF2O. The number of hydrogen-bond acceptors (Lipinski definition) is 1.